The summed E-state index contributed by atoms with van der Waals surface area (Å²) in [7, 11) is 0. The summed E-state index contributed by atoms with van der Waals surface area (Å²) in [6.45, 7) is 3.97. The zero-order chi connectivity index (χ0) is 22.3. The monoisotopic (exact) mass is 605 g/mol. The van der Waals surface area contributed by atoms with Gasteiger partial charge in [0, 0.05) is 25.1 Å². The van der Waals surface area contributed by atoms with Gasteiger partial charge in [-0.05, 0) is 115 Å². The molecule has 8 heteroatoms. The molecule has 4 rings (SSSR count). The summed E-state index contributed by atoms with van der Waals surface area (Å²) in [4.78, 5) is 27.2. The maximum Gasteiger partial charge on any atom is 0.270 e. The lowest BCUT2D eigenvalue weighted by atomic mass is 10.1. The lowest BCUT2D eigenvalue weighted by Crippen LogP contribution is -2.54. The molecule has 5 nitrogen and oxygen atoms in total. The Morgan fingerprint density at radius 1 is 1.00 bits per heavy atom. The molecule has 0 atom stereocenters. The molecule has 0 radical (unpaired) electrons. The summed E-state index contributed by atoms with van der Waals surface area (Å²) < 4.78 is 4.14. The Balaban J connectivity index is 1.75. The molecule has 0 spiro atoms. The van der Waals surface area contributed by atoms with E-state index in [0.717, 1.165) is 30.7 Å². The van der Waals surface area contributed by atoms with Crippen molar-refractivity contribution in [1.82, 2.24) is 9.88 Å². The molecular weight excluding hydrogens is 589 g/mol. The Bertz CT molecular complexity index is 1250. The first kappa shape index (κ1) is 21.9. The Morgan fingerprint density at radius 2 is 1.61 bits per heavy atom. The number of anilines is 1. The maximum atomic E-state index is 13.2. The minimum atomic E-state index is -0.498. The van der Waals surface area contributed by atoms with Gasteiger partial charge < -0.3 is 4.57 Å². The van der Waals surface area contributed by atoms with Gasteiger partial charge in [0.15, 0.2) is 5.11 Å². The van der Waals surface area contributed by atoms with Gasteiger partial charge in [-0.15, -0.1) is 0 Å². The molecule has 1 N–H and O–H groups in total. The van der Waals surface area contributed by atoms with Crippen molar-refractivity contribution in [3.63, 3.8) is 0 Å². The van der Waals surface area contributed by atoms with Gasteiger partial charge in [0.05, 0.1) is 5.69 Å². The quantitative estimate of drug-likeness (QED) is 0.191. The standard InChI is InChI=1S/C23H17BrIN3O2S/c1-13-11-15(14(2)27(13)18-9-5-17(25)6-10-18)12-20-21(29)26-23(31)28(22(20)30)19-7-3-16(24)4-8-19/h3-12H,1-2H3,(H,26,29,31)/b20-12-. The molecule has 31 heavy (non-hydrogen) atoms. The highest BCUT2D eigenvalue weighted by Crippen LogP contribution is 2.27. The third-order valence-corrected chi connectivity index (χ3v) is 6.57. The van der Waals surface area contributed by atoms with Gasteiger partial charge in [-0.2, -0.15) is 0 Å². The average molecular weight is 606 g/mol. The predicted molar refractivity (Wildman–Crippen MR) is 138 cm³/mol. The largest absolute Gasteiger partial charge is 0.318 e. The first-order chi connectivity index (χ1) is 14.8. The van der Waals surface area contributed by atoms with Gasteiger partial charge in [-0.1, -0.05) is 15.9 Å². The number of amides is 2. The molecular formula is C23H17BrIN3O2S. The van der Waals surface area contributed by atoms with E-state index >= 15 is 0 Å². The van der Waals surface area contributed by atoms with Crippen molar-refractivity contribution in [3.05, 3.63) is 85.2 Å². The van der Waals surface area contributed by atoms with Gasteiger partial charge >= 0.3 is 0 Å². The van der Waals surface area contributed by atoms with Crippen LogP contribution in [0.1, 0.15) is 17.0 Å². The minimum Gasteiger partial charge on any atom is -0.318 e. The molecule has 2 heterocycles. The van der Waals surface area contributed by atoms with Crippen molar-refractivity contribution in [1.29, 1.82) is 0 Å². The molecule has 2 aromatic carbocycles. The molecule has 156 valence electrons. The normalized spacial score (nSPS) is 15.5. The molecule has 1 aliphatic rings. The van der Waals surface area contributed by atoms with Crippen LogP contribution in [0.25, 0.3) is 11.8 Å². The van der Waals surface area contributed by atoms with Gasteiger partial charge in [0.2, 0.25) is 0 Å². The summed E-state index contributed by atoms with van der Waals surface area (Å²) in [5.41, 5.74) is 4.41. The predicted octanol–water partition coefficient (Wildman–Crippen LogP) is 5.29. The number of carbonyl (C=O) groups is 2. The van der Waals surface area contributed by atoms with Crippen molar-refractivity contribution < 1.29 is 9.59 Å². The molecule has 2 amide bonds. The smallest absolute Gasteiger partial charge is 0.270 e. The Labute approximate surface area is 207 Å². The van der Waals surface area contributed by atoms with E-state index in [4.69, 9.17) is 12.2 Å². The number of hydrogen-bond acceptors (Lipinski definition) is 3. The van der Waals surface area contributed by atoms with Crippen molar-refractivity contribution in [3.8, 4) is 5.69 Å². The summed E-state index contributed by atoms with van der Waals surface area (Å²) in [5, 5.41) is 2.70. The second-order valence-corrected chi connectivity index (χ2v) is 9.62. The van der Waals surface area contributed by atoms with E-state index in [0.29, 0.717) is 5.69 Å². The number of thiocarbonyl (C=S) groups is 1. The number of aromatic nitrogens is 1. The number of benzene rings is 2. The number of halogens is 2. The van der Waals surface area contributed by atoms with Crippen molar-refractivity contribution in [2.45, 2.75) is 13.8 Å². The zero-order valence-corrected chi connectivity index (χ0v) is 21.2. The SMILES string of the molecule is Cc1cc(/C=C2/C(=O)NC(=S)N(c3ccc(Br)cc3)C2=O)c(C)n1-c1ccc(I)cc1. The van der Waals surface area contributed by atoms with E-state index in [-0.39, 0.29) is 10.7 Å². The van der Waals surface area contributed by atoms with Crippen LogP contribution in [0.2, 0.25) is 0 Å². The van der Waals surface area contributed by atoms with Crippen LogP contribution in [0.4, 0.5) is 5.69 Å². The summed E-state index contributed by atoms with van der Waals surface area (Å²) >= 11 is 10.9. The van der Waals surface area contributed by atoms with Crippen molar-refractivity contribution in [2.75, 3.05) is 4.90 Å². The second kappa shape index (κ2) is 8.68. The number of rotatable bonds is 3. The highest BCUT2D eigenvalue weighted by atomic mass is 127. The van der Waals surface area contributed by atoms with E-state index in [1.54, 1.807) is 18.2 Å². The fraction of sp³-hybridized carbons (Fsp3) is 0.0870. The summed E-state index contributed by atoms with van der Waals surface area (Å²) in [6, 6.07) is 17.3. The van der Waals surface area contributed by atoms with E-state index in [1.165, 1.54) is 4.90 Å². The summed E-state index contributed by atoms with van der Waals surface area (Å²) in [5.74, 6) is -0.947. The van der Waals surface area contributed by atoms with E-state index in [2.05, 4.69) is 48.4 Å². The molecule has 1 aliphatic heterocycles. The molecule has 3 aromatic rings. The number of aryl methyl sites for hydroxylation is 1. The maximum absolute atomic E-state index is 13.2. The van der Waals surface area contributed by atoms with Crippen molar-refractivity contribution in [2.24, 2.45) is 0 Å². The van der Waals surface area contributed by atoms with Crippen LogP contribution in [-0.4, -0.2) is 21.5 Å². The second-order valence-electron chi connectivity index (χ2n) is 7.07. The first-order valence-electron chi connectivity index (χ1n) is 9.38. The number of carbonyl (C=O) groups excluding carboxylic acids is 2. The van der Waals surface area contributed by atoms with E-state index in [9.17, 15) is 9.59 Å². The zero-order valence-electron chi connectivity index (χ0n) is 16.6. The number of hydrogen-bond donors (Lipinski definition) is 1. The van der Waals surface area contributed by atoms with Crippen LogP contribution in [0.5, 0.6) is 0 Å². The Kier molecular flexibility index (Phi) is 6.14. The van der Waals surface area contributed by atoms with Gasteiger partial charge in [-0.25, -0.2) is 0 Å². The molecule has 1 saturated heterocycles. The third-order valence-electron chi connectivity index (χ3n) is 5.04. The molecule has 1 aromatic heterocycles. The highest BCUT2D eigenvalue weighted by molar-refractivity contribution is 14.1. The van der Waals surface area contributed by atoms with Crippen LogP contribution in [-0.2, 0) is 9.59 Å². The molecule has 0 bridgehead atoms. The van der Waals surface area contributed by atoms with Gasteiger partial charge in [0.25, 0.3) is 11.8 Å². The lowest BCUT2D eigenvalue weighted by molar-refractivity contribution is -0.122. The minimum absolute atomic E-state index is 0.0411. The third kappa shape index (κ3) is 4.24. The van der Waals surface area contributed by atoms with Gasteiger partial charge in [0.1, 0.15) is 5.57 Å². The van der Waals surface area contributed by atoms with E-state index < -0.39 is 11.8 Å². The summed E-state index contributed by atoms with van der Waals surface area (Å²) in [6.07, 6.45) is 1.64. The van der Waals surface area contributed by atoms with Crippen LogP contribution in [0, 0.1) is 17.4 Å². The van der Waals surface area contributed by atoms with Crippen LogP contribution >= 0.6 is 50.7 Å². The molecule has 1 fully saturated rings. The Hall–Kier alpha value is -2.30. The Morgan fingerprint density at radius 3 is 2.26 bits per heavy atom. The molecule has 0 saturated carbocycles. The van der Waals surface area contributed by atoms with Crippen LogP contribution in [0.15, 0.2) is 64.6 Å². The average Bonchev–Trinajstić information content (AvgIpc) is 3.00. The van der Waals surface area contributed by atoms with Crippen molar-refractivity contribution >= 4 is 79.4 Å². The van der Waals surface area contributed by atoms with Gasteiger partial charge in [-0.3, -0.25) is 19.8 Å². The fourth-order valence-corrected chi connectivity index (χ4v) is 4.46. The fourth-order valence-electron chi connectivity index (χ4n) is 3.56. The molecule has 0 unspecified atom stereocenters. The van der Waals surface area contributed by atoms with Crippen LogP contribution in [0.3, 0.4) is 0 Å². The number of nitrogens with zero attached hydrogens (tertiary/aromatic N) is 2. The topological polar surface area (TPSA) is 54.3 Å². The van der Waals surface area contributed by atoms with Crippen LogP contribution < -0.4 is 10.2 Å². The highest BCUT2D eigenvalue weighted by Gasteiger charge is 2.34. The number of nitrogens with one attached hydrogen (secondary N) is 1. The first-order valence-corrected chi connectivity index (χ1v) is 11.7. The lowest BCUT2D eigenvalue weighted by Gasteiger charge is -2.29. The van der Waals surface area contributed by atoms with E-state index in [1.807, 2.05) is 56.3 Å². The molecule has 0 aliphatic carbocycles.